The summed E-state index contributed by atoms with van der Waals surface area (Å²) < 4.78 is 34.1. The molecule has 32 heavy (non-hydrogen) atoms. The highest BCUT2D eigenvalue weighted by Crippen LogP contribution is 2.32. The van der Waals surface area contributed by atoms with E-state index in [0.29, 0.717) is 37.3 Å². The van der Waals surface area contributed by atoms with E-state index in [9.17, 15) is 18.7 Å². The van der Waals surface area contributed by atoms with Gasteiger partial charge in [-0.3, -0.25) is 4.79 Å². The predicted octanol–water partition coefficient (Wildman–Crippen LogP) is 5.23. The van der Waals surface area contributed by atoms with E-state index in [0.717, 1.165) is 30.9 Å². The molecule has 6 nitrogen and oxygen atoms in total. The molecule has 0 aliphatic carbocycles. The smallest absolute Gasteiger partial charge is 0.311 e. The number of halogens is 2. The van der Waals surface area contributed by atoms with Gasteiger partial charge in [-0.2, -0.15) is 0 Å². The van der Waals surface area contributed by atoms with Crippen molar-refractivity contribution in [2.45, 2.75) is 70.1 Å². The van der Waals surface area contributed by atoms with Crippen LogP contribution in [0.15, 0.2) is 30.5 Å². The molecule has 3 rings (SSSR count). The zero-order valence-electron chi connectivity index (χ0n) is 18.4. The van der Waals surface area contributed by atoms with E-state index < -0.39 is 24.2 Å². The number of nitrogens with zero attached hydrogens (tertiary/aromatic N) is 2. The molecule has 2 N–H and O–H groups in total. The summed E-state index contributed by atoms with van der Waals surface area (Å²) in [6.07, 6.45) is 4.27. The normalized spacial score (nSPS) is 14.3. The summed E-state index contributed by atoms with van der Waals surface area (Å²) in [5, 5.41) is 12.8. The third-order valence-corrected chi connectivity index (χ3v) is 5.73. The van der Waals surface area contributed by atoms with Gasteiger partial charge < -0.3 is 15.2 Å². The number of rotatable bonds is 12. The van der Waals surface area contributed by atoms with E-state index >= 15 is 0 Å². The van der Waals surface area contributed by atoms with E-state index in [2.05, 4.69) is 21.4 Å². The van der Waals surface area contributed by atoms with Crippen LogP contribution < -0.4 is 10.1 Å². The molecule has 0 bridgehead atoms. The lowest BCUT2D eigenvalue weighted by atomic mass is 9.92. The molecule has 0 saturated heterocycles. The Morgan fingerprint density at radius 3 is 2.81 bits per heavy atom. The Hall–Kier alpha value is -2.77. The predicted molar refractivity (Wildman–Crippen MR) is 119 cm³/mol. The van der Waals surface area contributed by atoms with Crippen LogP contribution in [0.25, 0.3) is 0 Å². The molecule has 1 aliphatic rings. The molecule has 0 radical (unpaired) electrons. The summed E-state index contributed by atoms with van der Waals surface area (Å²) in [7, 11) is 0. The van der Waals surface area contributed by atoms with Gasteiger partial charge in [0.1, 0.15) is 5.82 Å². The number of ether oxygens (including phenoxy) is 1. The zero-order valence-corrected chi connectivity index (χ0v) is 18.4. The SMILES string of the molecule is CCOc1ccc([C@H](CCC(F)(F)CCCCc2ccc3c(n2)NCCC3)C(=O)O)cn1. The molecule has 2 aromatic rings. The molecule has 0 amide bonds. The van der Waals surface area contributed by atoms with Crippen molar-refractivity contribution in [3.63, 3.8) is 0 Å². The summed E-state index contributed by atoms with van der Waals surface area (Å²) in [6, 6.07) is 7.19. The Kier molecular flexibility index (Phi) is 8.36. The maximum Gasteiger partial charge on any atom is 0.311 e. The minimum Gasteiger partial charge on any atom is -0.481 e. The molecule has 0 aromatic carbocycles. The number of aryl methyl sites for hydroxylation is 2. The lowest BCUT2D eigenvalue weighted by Gasteiger charge is -2.19. The van der Waals surface area contributed by atoms with Gasteiger partial charge in [0.25, 0.3) is 0 Å². The number of hydrogen-bond acceptors (Lipinski definition) is 5. The van der Waals surface area contributed by atoms with Crippen molar-refractivity contribution in [2.24, 2.45) is 0 Å². The van der Waals surface area contributed by atoms with Crippen molar-refractivity contribution in [3.8, 4) is 5.88 Å². The van der Waals surface area contributed by atoms with Crippen molar-refractivity contribution < 1.29 is 23.4 Å². The Morgan fingerprint density at radius 1 is 1.25 bits per heavy atom. The maximum atomic E-state index is 14.4. The highest BCUT2D eigenvalue weighted by Gasteiger charge is 2.31. The quantitative estimate of drug-likeness (QED) is 0.434. The van der Waals surface area contributed by atoms with Crippen molar-refractivity contribution in [3.05, 3.63) is 47.3 Å². The van der Waals surface area contributed by atoms with Gasteiger partial charge in [0.2, 0.25) is 11.8 Å². The maximum absolute atomic E-state index is 14.4. The Morgan fingerprint density at radius 2 is 2.09 bits per heavy atom. The molecule has 3 heterocycles. The van der Waals surface area contributed by atoms with Crippen LogP contribution in [0.2, 0.25) is 0 Å². The van der Waals surface area contributed by atoms with Crippen LogP contribution in [0.5, 0.6) is 5.88 Å². The molecule has 1 aliphatic heterocycles. The van der Waals surface area contributed by atoms with Gasteiger partial charge in [0, 0.05) is 37.3 Å². The van der Waals surface area contributed by atoms with Gasteiger partial charge in [-0.25, -0.2) is 18.7 Å². The van der Waals surface area contributed by atoms with E-state index in [1.807, 2.05) is 13.0 Å². The average molecular weight is 448 g/mol. The second-order valence-corrected chi connectivity index (χ2v) is 8.20. The third-order valence-electron chi connectivity index (χ3n) is 5.73. The van der Waals surface area contributed by atoms with Crippen LogP contribution in [0.1, 0.15) is 68.2 Å². The van der Waals surface area contributed by atoms with Gasteiger partial charge in [-0.15, -0.1) is 0 Å². The number of carbonyl (C=O) groups is 1. The Bertz CT molecular complexity index is 891. The standard InChI is InChI=1S/C24H31F2N3O3/c1-2-32-21-11-9-18(16-28-21)20(23(30)31)12-14-24(25,26)13-4-3-7-19-10-8-17-6-5-15-27-22(17)29-19/h8-11,16,20H,2-7,12-15H2,1H3,(H,27,29)(H,30,31)/t20-/m0/s1. The topological polar surface area (TPSA) is 84.3 Å². The fourth-order valence-corrected chi connectivity index (χ4v) is 3.94. The van der Waals surface area contributed by atoms with E-state index in [4.69, 9.17) is 4.74 Å². The number of alkyl halides is 2. The van der Waals surface area contributed by atoms with Crippen molar-refractivity contribution in [1.82, 2.24) is 9.97 Å². The Balaban J connectivity index is 1.45. The number of unbranched alkanes of at least 4 members (excludes halogenated alkanes) is 1. The average Bonchev–Trinajstić information content (AvgIpc) is 2.78. The molecule has 174 valence electrons. The summed E-state index contributed by atoms with van der Waals surface area (Å²) in [5.41, 5.74) is 2.53. The number of carboxylic acids is 1. The molecule has 0 unspecified atom stereocenters. The number of aliphatic carboxylic acids is 1. The molecule has 0 fully saturated rings. The summed E-state index contributed by atoms with van der Waals surface area (Å²) >= 11 is 0. The minimum absolute atomic E-state index is 0.143. The van der Waals surface area contributed by atoms with Gasteiger partial charge in [-0.1, -0.05) is 12.1 Å². The molecule has 8 heteroatoms. The van der Waals surface area contributed by atoms with Gasteiger partial charge >= 0.3 is 5.97 Å². The molecule has 0 spiro atoms. The zero-order chi connectivity index (χ0) is 23.0. The number of hydrogen-bond donors (Lipinski definition) is 2. The number of anilines is 1. The first-order chi connectivity index (χ1) is 15.4. The van der Waals surface area contributed by atoms with Crippen LogP contribution in [-0.4, -0.2) is 40.1 Å². The molecular weight excluding hydrogens is 416 g/mol. The monoisotopic (exact) mass is 447 g/mol. The number of aromatic nitrogens is 2. The highest BCUT2D eigenvalue weighted by atomic mass is 19.3. The largest absolute Gasteiger partial charge is 0.481 e. The third kappa shape index (κ3) is 6.87. The van der Waals surface area contributed by atoms with Crippen LogP contribution in [0.3, 0.4) is 0 Å². The number of fused-ring (bicyclic) bond motifs is 1. The van der Waals surface area contributed by atoms with Crippen LogP contribution >= 0.6 is 0 Å². The molecule has 1 atom stereocenters. The first kappa shape index (κ1) is 23.9. The second-order valence-electron chi connectivity index (χ2n) is 8.20. The molecule has 2 aromatic heterocycles. The first-order valence-electron chi connectivity index (χ1n) is 11.3. The van der Waals surface area contributed by atoms with E-state index in [-0.39, 0.29) is 12.8 Å². The van der Waals surface area contributed by atoms with Crippen LogP contribution in [0.4, 0.5) is 14.6 Å². The lowest BCUT2D eigenvalue weighted by Crippen LogP contribution is -2.20. The van der Waals surface area contributed by atoms with Crippen LogP contribution in [0, 0.1) is 0 Å². The lowest BCUT2D eigenvalue weighted by molar-refractivity contribution is -0.139. The van der Waals surface area contributed by atoms with Crippen LogP contribution in [-0.2, 0) is 17.6 Å². The molecular formula is C24H31F2N3O3. The summed E-state index contributed by atoms with van der Waals surface area (Å²) in [5.74, 6) is -3.75. The van der Waals surface area contributed by atoms with E-state index in [1.54, 1.807) is 12.1 Å². The minimum atomic E-state index is -2.91. The number of carboxylic acid groups (broad SMARTS) is 1. The number of nitrogens with one attached hydrogen (secondary N) is 1. The Labute approximate surface area is 187 Å². The van der Waals surface area contributed by atoms with Crippen molar-refractivity contribution in [2.75, 3.05) is 18.5 Å². The number of pyridine rings is 2. The second kappa shape index (κ2) is 11.2. The van der Waals surface area contributed by atoms with E-state index in [1.165, 1.54) is 11.8 Å². The summed E-state index contributed by atoms with van der Waals surface area (Å²) in [6.45, 7) is 3.18. The fraction of sp³-hybridized carbons (Fsp3) is 0.542. The van der Waals surface area contributed by atoms with Gasteiger partial charge in [0.05, 0.1) is 12.5 Å². The van der Waals surface area contributed by atoms with Gasteiger partial charge in [-0.05, 0) is 62.6 Å². The molecule has 0 saturated carbocycles. The van der Waals surface area contributed by atoms with Gasteiger partial charge in [0.15, 0.2) is 0 Å². The first-order valence-corrected chi connectivity index (χ1v) is 11.3. The fourth-order valence-electron chi connectivity index (χ4n) is 3.94. The van der Waals surface area contributed by atoms with Crippen molar-refractivity contribution >= 4 is 11.8 Å². The highest BCUT2D eigenvalue weighted by molar-refractivity contribution is 5.75. The summed E-state index contributed by atoms with van der Waals surface area (Å²) in [4.78, 5) is 20.3. The van der Waals surface area contributed by atoms with Crippen molar-refractivity contribution in [1.29, 1.82) is 0 Å².